The van der Waals surface area contributed by atoms with Crippen LogP contribution in [0.15, 0.2) is 12.1 Å². The molecule has 34 heavy (non-hydrogen) atoms. The van der Waals surface area contributed by atoms with Gasteiger partial charge in [-0.15, -0.1) is 0 Å². The molecule has 3 heterocycles. The van der Waals surface area contributed by atoms with Gasteiger partial charge in [0.1, 0.15) is 5.65 Å². The van der Waals surface area contributed by atoms with Gasteiger partial charge in [0.2, 0.25) is 0 Å². The second-order valence-corrected chi connectivity index (χ2v) is 9.72. The van der Waals surface area contributed by atoms with Gasteiger partial charge in [-0.25, -0.2) is 9.37 Å². The predicted molar refractivity (Wildman–Crippen MR) is 131 cm³/mol. The number of pyridine rings is 1. The number of carboxylic acids is 1. The summed E-state index contributed by atoms with van der Waals surface area (Å²) in [6, 6.07) is 3.39. The third-order valence-corrected chi connectivity index (χ3v) is 5.82. The van der Waals surface area contributed by atoms with Crippen LogP contribution in [0.25, 0.3) is 22.2 Å². The van der Waals surface area contributed by atoms with E-state index >= 15 is 0 Å². The van der Waals surface area contributed by atoms with Crippen LogP contribution in [0.2, 0.25) is 0 Å². The molecule has 8 heteroatoms. The lowest BCUT2D eigenvalue weighted by atomic mass is 9.87. The van der Waals surface area contributed by atoms with Crippen molar-refractivity contribution in [3.05, 3.63) is 46.0 Å². The number of benzene rings is 1. The highest BCUT2D eigenvalue weighted by Crippen LogP contribution is 2.42. The molecule has 1 aliphatic heterocycles. The SMILES string of the molecule is CC(C)(C)O.Cc1nc2c(cc(CN)n2C)c(-c2cc(F)c3c(c2C)CCCO3)c1CC(=O)O. The first-order valence-corrected chi connectivity index (χ1v) is 11.4. The number of rotatable bonds is 4. The van der Waals surface area contributed by atoms with Crippen molar-refractivity contribution in [2.45, 2.75) is 66.0 Å². The largest absolute Gasteiger partial charge is 0.490 e. The molecule has 0 bridgehead atoms. The highest BCUT2D eigenvalue weighted by atomic mass is 19.1. The number of aliphatic carboxylic acids is 1. The van der Waals surface area contributed by atoms with Crippen LogP contribution < -0.4 is 10.5 Å². The number of halogens is 1. The molecule has 0 amide bonds. The van der Waals surface area contributed by atoms with Crippen LogP contribution in [0.4, 0.5) is 4.39 Å². The average Bonchev–Trinajstić information content (AvgIpc) is 3.05. The second kappa shape index (κ2) is 9.72. The highest BCUT2D eigenvalue weighted by Gasteiger charge is 2.26. The van der Waals surface area contributed by atoms with E-state index in [1.165, 1.54) is 6.07 Å². The fraction of sp³-hybridized carbons (Fsp3) is 0.462. The summed E-state index contributed by atoms with van der Waals surface area (Å²) < 4.78 is 22.4. The van der Waals surface area contributed by atoms with E-state index < -0.39 is 17.4 Å². The molecule has 2 aromatic heterocycles. The maximum Gasteiger partial charge on any atom is 0.307 e. The minimum absolute atomic E-state index is 0.189. The molecule has 1 aliphatic rings. The molecular formula is C26H34FN3O4. The van der Waals surface area contributed by atoms with Crippen LogP contribution in [-0.2, 0) is 31.2 Å². The summed E-state index contributed by atoms with van der Waals surface area (Å²) in [5, 5.41) is 18.8. The van der Waals surface area contributed by atoms with Gasteiger partial charge >= 0.3 is 5.97 Å². The lowest BCUT2D eigenvalue weighted by Crippen LogP contribution is -2.13. The van der Waals surface area contributed by atoms with Gasteiger partial charge in [-0.2, -0.15) is 0 Å². The Morgan fingerprint density at radius 3 is 2.53 bits per heavy atom. The first-order chi connectivity index (χ1) is 15.8. The standard InChI is InChI=1S/C22H24FN3O3.C4H10O/c1-11-14-5-4-6-29-21(14)18(23)8-15(11)20-16(9-19(27)28)12(2)25-22-17(20)7-13(10-24)26(22)3;1-4(2,3)5/h7-8H,4-6,9-10,24H2,1-3H3,(H,27,28);5H,1-3H3. The van der Waals surface area contributed by atoms with E-state index in [2.05, 4.69) is 4.98 Å². The van der Waals surface area contributed by atoms with E-state index in [0.717, 1.165) is 40.6 Å². The summed E-state index contributed by atoms with van der Waals surface area (Å²) >= 11 is 0. The molecule has 4 N–H and O–H groups in total. The Morgan fingerprint density at radius 1 is 1.29 bits per heavy atom. The number of hydrogen-bond acceptors (Lipinski definition) is 5. The number of carboxylic acid groups (broad SMARTS) is 1. The van der Waals surface area contributed by atoms with Gasteiger partial charge in [-0.3, -0.25) is 4.79 Å². The molecule has 3 aromatic rings. The Bertz CT molecular complexity index is 1240. The summed E-state index contributed by atoms with van der Waals surface area (Å²) in [7, 11) is 1.88. The number of nitrogens with zero attached hydrogens (tertiary/aromatic N) is 2. The molecule has 0 fully saturated rings. The van der Waals surface area contributed by atoms with Crippen molar-refractivity contribution in [1.29, 1.82) is 0 Å². The van der Waals surface area contributed by atoms with Gasteiger partial charge in [0.15, 0.2) is 11.6 Å². The van der Waals surface area contributed by atoms with Crippen molar-refractivity contribution in [2.24, 2.45) is 12.8 Å². The van der Waals surface area contributed by atoms with Crippen molar-refractivity contribution >= 4 is 17.0 Å². The number of aliphatic hydroxyl groups is 1. The molecule has 7 nitrogen and oxygen atoms in total. The molecule has 0 aliphatic carbocycles. The zero-order valence-corrected chi connectivity index (χ0v) is 20.8. The fourth-order valence-electron chi connectivity index (χ4n) is 4.32. The Labute approximate surface area is 199 Å². The number of nitrogens with two attached hydrogens (primary N) is 1. The lowest BCUT2D eigenvalue weighted by molar-refractivity contribution is -0.136. The summed E-state index contributed by atoms with van der Waals surface area (Å²) in [6.07, 6.45) is 1.37. The minimum atomic E-state index is -0.954. The first-order valence-electron chi connectivity index (χ1n) is 11.4. The molecular weight excluding hydrogens is 437 g/mol. The normalized spacial score (nSPS) is 13.2. The molecule has 0 radical (unpaired) electrons. The Hall–Kier alpha value is -2.97. The van der Waals surface area contributed by atoms with Crippen LogP contribution in [0.5, 0.6) is 5.75 Å². The third-order valence-electron chi connectivity index (χ3n) is 5.82. The molecule has 184 valence electrons. The molecule has 0 unspecified atom stereocenters. The highest BCUT2D eigenvalue weighted by molar-refractivity contribution is 5.98. The maximum absolute atomic E-state index is 15.0. The smallest absolute Gasteiger partial charge is 0.307 e. The second-order valence-electron chi connectivity index (χ2n) is 9.72. The van der Waals surface area contributed by atoms with Crippen molar-refractivity contribution in [3.63, 3.8) is 0 Å². The maximum atomic E-state index is 15.0. The summed E-state index contributed by atoms with van der Waals surface area (Å²) in [6.45, 7) is 9.80. The zero-order chi connectivity index (χ0) is 25.4. The van der Waals surface area contributed by atoms with Gasteiger partial charge < -0.3 is 25.3 Å². The number of fused-ring (bicyclic) bond motifs is 2. The average molecular weight is 472 g/mol. The van der Waals surface area contributed by atoms with Crippen LogP contribution >= 0.6 is 0 Å². The van der Waals surface area contributed by atoms with Crippen LogP contribution in [0, 0.1) is 19.7 Å². The number of ether oxygens (including phenoxy) is 1. The zero-order valence-electron chi connectivity index (χ0n) is 20.8. The Kier molecular flexibility index (Phi) is 7.33. The monoisotopic (exact) mass is 471 g/mol. The van der Waals surface area contributed by atoms with Gasteiger partial charge in [-0.1, -0.05) is 0 Å². The first kappa shape index (κ1) is 25.6. The molecule has 0 atom stereocenters. The minimum Gasteiger partial charge on any atom is -0.490 e. The van der Waals surface area contributed by atoms with E-state index in [9.17, 15) is 14.3 Å². The topological polar surface area (TPSA) is 111 Å². The van der Waals surface area contributed by atoms with E-state index in [-0.39, 0.29) is 6.42 Å². The molecule has 0 saturated carbocycles. The van der Waals surface area contributed by atoms with Crippen molar-refractivity contribution in [3.8, 4) is 16.9 Å². The summed E-state index contributed by atoms with van der Waals surface area (Å²) in [4.78, 5) is 16.3. The predicted octanol–water partition coefficient (Wildman–Crippen LogP) is 4.18. The van der Waals surface area contributed by atoms with Gasteiger partial charge in [0.25, 0.3) is 0 Å². The van der Waals surface area contributed by atoms with E-state index in [4.69, 9.17) is 15.6 Å². The van der Waals surface area contributed by atoms with E-state index in [1.54, 1.807) is 27.7 Å². The molecule has 4 rings (SSSR count). The quantitative estimate of drug-likeness (QED) is 0.526. The van der Waals surface area contributed by atoms with Crippen molar-refractivity contribution < 1.29 is 24.1 Å². The number of hydrogen-bond donors (Lipinski definition) is 3. The van der Waals surface area contributed by atoms with Crippen LogP contribution in [0.3, 0.4) is 0 Å². The number of aryl methyl sites for hydroxylation is 2. The summed E-state index contributed by atoms with van der Waals surface area (Å²) in [5.74, 6) is -1.06. The molecule has 1 aromatic carbocycles. The van der Waals surface area contributed by atoms with E-state index in [1.807, 2.05) is 24.6 Å². The summed E-state index contributed by atoms with van der Waals surface area (Å²) in [5.41, 5.74) is 11.4. The van der Waals surface area contributed by atoms with Gasteiger partial charge in [-0.05, 0) is 81.8 Å². The molecule has 0 spiro atoms. The fourth-order valence-corrected chi connectivity index (χ4v) is 4.32. The van der Waals surface area contributed by atoms with Crippen LogP contribution in [0.1, 0.15) is 55.3 Å². The third kappa shape index (κ3) is 5.23. The number of carbonyl (C=O) groups is 1. The van der Waals surface area contributed by atoms with Crippen molar-refractivity contribution in [1.82, 2.24) is 9.55 Å². The van der Waals surface area contributed by atoms with E-state index in [0.29, 0.717) is 41.4 Å². The Morgan fingerprint density at radius 2 is 1.94 bits per heavy atom. The Balaban J connectivity index is 0.000000588. The van der Waals surface area contributed by atoms with Crippen molar-refractivity contribution in [2.75, 3.05) is 6.61 Å². The van der Waals surface area contributed by atoms with Gasteiger partial charge in [0, 0.05) is 35.9 Å². The van der Waals surface area contributed by atoms with Crippen LogP contribution in [-0.4, -0.2) is 37.9 Å². The molecule has 0 saturated heterocycles. The number of aromatic nitrogens is 2. The lowest BCUT2D eigenvalue weighted by Gasteiger charge is -2.23. The van der Waals surface area contributed by atoms with Gasteiger partial charge in [0.05, 0.1) is 18.6 Å².